The number of ether oxygens (including phenoxy) is 1. The molecule has 0 aromatic heterocycles. The number of halogens is 1. The third kappa shape index (κ3) is 4.18. The van der Waals surface area contributed by atoms with Gasteiger partial charge >= 0.3 is 0 Å². The molecule has 0 spiro atoms. The molecule has 0 aliphatic carbocycles. The predicted octanol–water partition coefficient (Wildman–Crippen LogP) is 3.85. The van der Waals surface area contributed by atoms with E-state index in [0.717, 1.165) is 22.3 Å². The molecular formula is C23H23ClO5S. The second kappa shape index (κ2) is 8.55. The molecule has 7 heteroatoms. The van der Waals surface area contributed by atoms with Gasteiger partial charge in [-0.15, -0.1) is 0 Å². The number of aromatic hydroxyl groups is 1. The molecule has 2 N–H and O–H groups in total. The number of phenolic OH excluding ortho intramolecular Hbond substituents is 1. The molecule has 2 aromatic carbocycles. The van der Waals surface area contributed by atoms with Crippen LogP contribution in [-0.2, 0) is 14.6 Å². The number of aliphatic hydroxyl groups is 1. The Bertz CT molecular complexity index is 1110. The van der Waals surface area contributed by atoms with E-state index in [1.807, 2.05) is 36.4 Å². The molecule has 4 rings (SSSR count). The zero-order valence-electron chi connectivity index (χ0n) is 16.3. The Kier molecular flexibility index (Phi) is 6.02. The fraction of sp³-hybridized carbons (Fsp3) is 0.304. The van der Waals surface area contributed by atoms with E-state index in [9.17, 15) is 18.6 Å². The summed E-state index contributed by atoms with van der Waals surface area (Å²) in [6.07, 6.45) is 2.90. The van der Waals surface area contributed by atoms with Gasteiger partial charge in [-0.3, -0.25) is 0 Å². The summed E-state index contributed by atoms with van der Waals surface area (Å²) in [4.78, 5) is 0. The van der Waals surface area contributed by atoms with Gasteiger partial charge in [-0.05, 0) is 65.0 Å². The van der Waals surface area contributed by atoms with Crippen LogP contribution in [-0.4, -0.2) is 49.0 Å². The average molecular weight is 447 g/mol. The number of phenols is 1. The zero-order valence-corrected chi connectivity index (χ0v) is 17.9. The van der Waals surface area contributed by atoms with Crippen molar-refractivity contribution in [3.63, 3.8) is 0 Å². The van der Waals surface area contributed by atoms with E-state index in [4.69, 9.17) is 16.3 Å². The summed E-state index contributed by atoms with van der Waals surface area (Å²) in [7, 11) is -3.28. The van der Waals surface area contributed by atoms with E-state index >= 15 is 0 Å². The molecule has 0 unspecified atom stereocenters. The number of benzene rings is 2. The van der Waals surface area contributed by atoms with Crippen molar-refractivity contribution in [3.05, 3.63) is 75.8 Å². The van der Waals surface area contributed by atoms with Crippen LogP contribution in [0.4, 0.5) is 0 Å². The standard InChI is InChI=1S/C23H23ClO5S/c24-20-11-19(26)8-6-17(20)10-16(15-4-2-1-3-5-15)7-9-21-23-18(12-25)14-30(27,28)22(23)13-29-21/h1-6,8,10-11,21-22,25-26H,7,9,12-14H2/b16-10-/t21-,22+/m1/s1. The Morgan fingerprint density at radius 1 is 1.20 bits per heavy atom. The number of hydrogen-bond donors (Lipinski definition) is 2. The number of fused-ring (bicyclic) bond motifs is 1. The summed E-state index contributed by atoms with van der Waals surface area (Å²) in [6.45, 7) is -0.102. The Balaban J connectivity index is 1.62. The molecule has 2 aliphatic rings. The van der Waals surface area contributed by atoms with Crippen LogP contribution in [0.5, 0.6) is 5.75 Å². The van der Waals surface area contributed by atoms with E-state index < -0.39 is 15.1 Å². The number of sulfone groups is 1. The van der Waals surface area contributed by atoms with Crippen LogP contribution in [0.3, 0.4) is 0 Å². The largest absolute Gasteiger partial charge is 0.508 e. The third-order valence-corrected chi connectivity index (χ3v) is 8.02. The molecule has 0 bridgehead atoms. The summed E-state index contributed by atoms with van der Waals surface area (Å²) in [5, 5.41) is 19.1. The van der Waals surface area contributed by atoms with Gasteiger partial charge in [-0.1, -0.05) is 41.9 Å². The van der Waals surface area contributed by atoms with Gasteiger partial charge in [-0.2, -0.15) is 0 Å². The molecule has 1 fully saturated rings. The third-order valence-electron chi connectivity index (χ3n) is 5.68. The molecule has 0 saturated carbocycles. The summed E-state index contributed by atoms with van der Waals surface area (Å²) in [5.74, 6) is 0.0307. The average Bonchev–Trinajstić information content (AvgIpc) is 3.26. The van der Waals surface area contributed by atoms with Gasteiger partial charge in [0.15, 0.2) is 9.84 Å². The topological polar surface area (TPSA) is 83.8 Å². The van der Waals surface area contributed by atoms with E-state index in [-0.39, 0.29) is 30.8 Å². The van der Waals surface area contributed by atoms with Crippen LogP contribution < -0.4 is 0 Å². The highest BCUT2D eigenvalue weighted by Gasteiger charge is 2.46. The van der Waals surface area contributed by atoms with Crippen LogP contribution in [0.25, 0.3) is 11.6 Å². The van der Waals surface area contributed by atoms with Crippen molar-refractivity contribution in [2.75, 3.05) is 19.0 Å². The van der Waals surface area contributed by atoms with Crippen molar-refractivity contribution in [2.24, 2.45) is 0 Å². The monoisotopic (exact) mass is 446 g/mol. The van der Waals surface area contributed by atoms with Gasteiger partial charge in [0.05, 0.1) is 30.1 Å². The highest BCUT2D eigenvalue weighted by molar-refractivity contribution is 7.92. The number of aliphatic hydroxyl groups excluding tert-OH is 1. The Hall–Kier alpha value is -2.12. The minimum Gasteiger partial charge on any atom is -0.508 e. The van der Waals surface area contributed by atoms with Gasteiger partial charge in [0.1, 0.15) is 11.0 Å². The lowest BCUT2D eigenvalue weighted by atomic mass is 9.93. The zero-order chi connectivity index (χ0) is 21.3. The highest BCUT2D eigenvalue weighted by Crippen LogP contribution is 2.39. The molecule has 1 saturated heterocycles. The molecule has 2 atom stereocenters. The van der Waals surface area contributed by atoms with Crippen molar-refractivity contribution in [1.29, 1.82) is 0 Å². The first-order valence-corrected chi connectivity index (χ1v) is 11.9. The lowest BCUT2D eigenvalue weighted by molar-refractivity contribution is 0.118. The van der Waals surface area contributed by atoms with E-state index in [0.29, 0.717) is 23.4 Å². The maximum Gasteiger partial charge on any atom is 0.163 e. The van der Waals surface area contributed by atoms with Gasteiger partial charge in [-0.25, -0.2) is 8.42 Å². The van der Waals surface area contributed by atoms with Crippen LogP contribution in [0, 0.1) is 0 Å². The minimum atomic E-state index is -3.28. The molecule has 2 aromatic rings. The van der Waals surface area contributed by atoms with E-state index in [2.05, 4.69) is 0 Å². The Labute approximate surface area is 181 Å². The van der Waals surface area contributed by atoms with Crippen molar-refractivity contribution < 1.29 is 23.4 Å². The first-order valence-electron chi connectivity index (χ1n) is 9.79. The van der Waals surface area contributed by atoms with Crippen LogP contribution in [0.1, 0.15) is 24.0 Å². The quantitative estimate of drug-likeness (QED) is 0.520. The Morgan fingerprint density at radius 2 is 1.97 bits per heavy atom. The van der Waals surface area contributed by atoms with Gasteiger partial charge < -0.3 is 14.9 Å². The van der Waals surface area contributed by atoms with Crippen LogP contribution in [0.2, 0.25) is 5.02 Å². The van der Waals surface area contributed by atoms with Gasteiger partial charge in [0.25, 0.3) is 0 Å². The number of hydrogen-bond acceptors (Lipinski definition) is 5. The smallest absolute Gasteiger partial charge is 0.163 e. The SMILES string of the molecule is O=S1(=O)CC(CO)=C2[C@@H](CC/C(=C/c3ccc(O)cc3Cl)c3ccccc3)OC[C@@H]21. The first-order chi connectivity index (χ1) is 14.4. The maximum atomic E-state index is 12.3. The maximum absolute atomic E-state index is 12.3. The van der Waals surface area contributed by atoms with Crippen molar-refractivity contribution in [3.8, 4) is 5.75 Å². The lowest BCUT2D eigenvalue weighted by Crippen LogP contribution is -2.19. The molecule has 5 nitrogen and oxygen atoms in total. The van der Waals surface area contributed by atoms with Crippen LogP contribution in [0.15, 0.2) is 59.7 Å². The molecule has 158 valence electrons. The van der Waals surface area contributed by atoms with Gasteiger partial charge in [0.2, 0.25) is 0 Å². The minimum absolute atomic E-state index is 0.0755. The normalized spacial score (nSPS) is 23.1. The predicted molar refractivity (Wildman–Crippen MR) is 118 cm³/mol. The summed E-state index contributed by atoms with van der Waals surface area (Å²) in [6, 6.07) is 14.7. The van der Waals surface area contributed by atoms with E-state index in [1.54, 1.807) is 12.1 Å². The Morgan fingerprint density at radius 3 is 2.67 bits per heavy atom. The van der Waals surface area contributed by atoms with Crippen molar-refractivity contribution >= 4 is 33.1 Å². The number of rotatable bonds is 6. The van der Waals surface area contributed by atoms with Gasteiger partial charge in [0, 0.05) is 0 Å². The summed E-state index contributed by atoms with van der Waals surface area (Å²) < 4.78 is 30.5. The molecule has 2 aliphatic heterocycles. The van der Waals surface area contributed by atoms with Crippen molar-refractivity contribution in [1.82, 2.24) is 0 Å². The second-order valence-electron chi connectivity index (χ2n) is 7.61. The lowest BCUT2D eigenvalue weighted by Gasteiger charge is -2.15. The molecule has 0 radical (unpaired) electrons. The fourth-order valence-corrected chi connectivity index (χ4v) is 6.37. The second-order valence-corrected chi connectivity index (χ2v) is 10.2. The molecule has 2 heterocycles. The van der Waals surface area contributed by atoms with E-state index in [1.165, 1.54) is 6.07 Å². The first kappa shape index (κ1) is 21.1. The molecule has 30 heavy (non-hydrogen) atoms. The summed E-state index contributed by atoms with van der Waals surface area (Å²) >= 11 is 6.30. The molecular weight excluding hydrogens is 424 g/mol. The van der Waals surface area contributed by atoms with Crippen LogP contribution >= 0.6 is 11.6 Å². The van der Waals surface area contributed by atoms with Crippen molar-refractivity contribution in [2.45, 2.75) is 24.2 Å². The number of allylic oxidation sites excluding steroid dienone is 1. The highest BCUT2D eigenvalue weighted by atomic mass is 35.5. The fourth-order valence-electron chi connectivity index (χ4n) is 4.20. The summed E-state index contributed by atoms with van der Waals surface area (Å²) in [5.41, 5.74) is 4.17. The molecule has 0 amide bonds.